The van der Waals surface area contributed by atoms with Crippen LogP contribution in [0.3, 0.4) is 0 Å². The molecule has 0 saturated heterocycles. The van der Waals surface area contributed by atoms with Gasteiger partial charge in [0.25, 0.3) is 0 Å². The Bertz CT molecular complexity index is 648. The molecule has 3 aromatic rings. The summed E-state index contributed by atoms with van der Waals surface area (Å²) in [7, 11) is 0. The molecular formula is C20H25N3. The first-order valence-electron chi connectivity index (χ1n) is 7.41. The fraction of sp³-hybridized carbons (Fsp3) is 0.150. The maximum atomic E-state index is 3.88. The topological polar surface area (TPSA) is 38.7 Å². The molecule has 0 bridgehead atoms. The first-order chi connectivity index (χ1) is 11.1. The Morgan fingerprint density at radius 1 is 0.826 bits per heavy atom. The standard InChI is InChI=1S/C9H10.C6H7N.C5H6N2.H2/c1-3-9-6-4-5-8(2)7-9;1-6-3-2-4-7-5-6;1-5-2-3-6-7-4-5;/h3-7H,1H2,2H3;2-5H,1H3;2-4H,1H3;1H. The predicted octanol–water partition coefficient (Wildman–Crippen LogP) is 5.06. The Morgan fingerprint density at radius 2 is 1.57 bits per heavy atom. The molecule has 2 heterocycles. The van der Waals surface area contributed by atoms with E-state index < -0.39 is 0 Å². The molecule has 0 N–H and O–H groups in total. The van der Waals surface area contributed by atoms with Crippen molar-refractivity contribution >= 4 is 6.08 Å². The summed E-state index contributed by atoms with van der Waals surface area (Å²) < 4.78 is 0. The summed E-state index contributed by atoms with van der Waals surface area (Å²) in [6.45, 7) is 9.75. The van der Waals surface area contributed by atoms with Crippen LogP contribution in [0.1, 0.15) is 23.7 Å². The number of rotatable bonds is 1. The summed E-state index contributed by atoms with van der Waals surface area (Å²) >= 11 is 0. The molecule has 0 spiro atoms. The zero-order valence-corrected chi connectivity index (χ0v) is 14.0. The van der Waals surface area contributed by atoms with Crippen molar-refractivity contribution in [2.24, 2.45) is 0 Å². The highest BCUT2D eigenvalue weighted by atomic mass is 15.1. The number of nitrogens with zero attached hydrogens (tertiary/aromatic N) is 3. The predicted molar refractivity (Wildman–Crippen MR) is 99.1 cm³/mol. The second-order valence-corrected chi connectivity index (χ2v) is 5.07. The smallest absolute Gasteiger partial charge is 0.0525 e. The number of hydrogen-bond acceptors (Lipinski definition) is 3. The van der Waals surface area contributed by atoms with Crippen LogP contribution in [0.5, 0.6) is 0 Å². The van der Waals surface area contributed by atoms with Crippen molar-refractivity contribution in [1.82, 2.24) is 15.2 Å². The van der Waals surface area contributed by atoms with E-state index in [1.54, 1.807) is 18.6 Å². The molecule has 3 heteroatoms. The molecular weight excluding hydrogens is 282 g/mol. The van der Waals surface area contributed by atoms with Gasteiger partial charge in [-0.25, -0.2) is 0 Å². The maximum Gasteiger partial charge on any atom is 0.0525 e. The first-order valence-corrected chi connectivity index (χ1v) is 7.41. The molecule has 0 atom stereocenters. The summed E-state index contributed by atoms with van der Waals surface area (Å²) in [5.74, 6) is 0. The van der Waals surface area contributed by atoms with Gasteiger partial charge in [-0.15, -0.1) is 0 Å². The fourth-order valence-electron chi connectivity index (χ4n) is 1.60. The van der Waals surface area contributed by atoms with Gasteiger partial charge in [0.15, 0.2) is 0 Å². The molecule has 0 aliphatic carbocycles. The van der Waals surface area contributed by atoms with E-state index in [2.05, 4.69) is 40.8 Å². The second kappa shape index (κ2) is 10.9. The monoisotopic (exact) mass is 307 g/mol. The van der Waals surface area contributed by atoms with Gasteiger partial charge < -0.3 is 0 Å². The highest BCUT2D eigenvalue weighted by Crippen LogP contribution is 2.03. The Morgan fingerprint density at radius 3 is 1.91 bits per heavy atom. The van der Waals surface area contributed by atoms with Gasteiger partial charge in [-0.2, -0.15) is 10.2 Å². The van der Waals surface area contributed by atoms with E-state index in [0.29, 0.717) is 0 Å². The van der Waals surface area contributed by atoms with Crippen molar-refractivity contribution in [1.29, 1.82) is 0 Å². The molecule has 0 unspecified atom stereocenters. The lowest BCUT2D eigenvalue weighted by atomic mass is 10.1. The lowest BCUT2D eigenvalue weighted by Gasteiger charge is -1.92. The first kappa shape index (κ1) is 18.2. The molecule has 0 aliphatic heterocycles. The summed E-state index contributed by atoms with van der Waals surface area (Å²) in [4.78, 5) is 3.88. The van der Waals surface area contributed by atoms with Crippen molar-refractivity contribution in [3.63, 3.8) is 0 Å². The Balaban J connectivity index is 0.000000327. The van der Waals surface area contributed by atoms with Gasteiger partial charge in [0, 0.05) is 20.0 Å². The zero-order chi connectivity index (χ0) is 16.9. The summed E-state index contributed by atoms with van der Waals surface area (Å²) in [6.07, 6.45) is 8.86. The van der Waals surface area contributed by atoms with Gasteiger partial charge in [0.1, 0.15) is 0 Å². The van der Waals surface area contributed by atoms with Crippen molar-refractivity contribution in [3.8, 4) is 0 Å². The average Bonchev–Trinajstić information content (AvgIpc) is 2.57. The molecule has 0 radical (unpaired) electrons. The van der Waals surface area contributed by atoms with Crippen LogP contribution in [-0.4, -0.2) is 15.2 Å². The van der Waals surface area contributed by atoms with E-state index >= 15 is 0 Å². The van der Waals surface area contributed by atoms with E-state index in [1.165, 1.54) is 16.7 Å². The van der Waals surface area contributed by atoms with E-state index in [4.69, 9.17) is 0 Å². The number of aromatic nitrogens is 3. The minimum absolute atomic E-state index is 0. The van der Waals surface area contributed by atoms with E-state index in [9.17, 15) is 0 Å². The van der Waals surface area contributed by atoms with Crippen molar-refractivity contribution in [2.75, 3.05) is 0 Å². The molecule has 3 rings (SSSR count). The van der Waals surface area contributed by atoms with Crippen LogP contribution in [0.2, 0.25) is 0 Å². The van der Waals surface area contributed by atoms with E-state index in [0.717, 1.165) is 5.56 Å². The fourth-order valence-corrected chi connectivity index (χ4v) is 1.60. The molecule has 0 saturated carbocycles. The van der Waals surface area contributed by atoms with Crippen molar-refractivity contribution < 1.29 is 1.43 Å². The third-order valence-corrected chi connectivity index (χ3v) is 2.82. The van der Waals surface area contributed by atoms with Crippen LogP contribution in [0.15, 0.2) is 73.8 Å². The van der Waals surface area contributed by atoms with Crippen LogP contribution in [0.25, 0.3) is 6.08 Å². The van der Waals surface area contributed by atoms with Crippen LogP contribution in [0, 0.1) is 20.8 Å². The summed E-state index contributed by atoms with van der Waals surface area (Å²) in [6, 6.07) is 14.1. The maximum absolute atomic E-state index is 3.88. The zero-order valence-electron chi connectivity index (χ0n) is 14.0. The average molecular weight is 307 g/mol. The Hall–Kier alpha value is -2.81. The number of benzene rings is 1. The van der Waals surface area contributed by atoms with Gasteiger partial charge in [-0.1, -0.05) is 48.6 Å². The molecule has 23 heavy (non-hydrogen) atoms. The van der Waals surface area contributed by atoms with Gasteiger partial charge in [-0.3, -0.25) is 4.98 Å². The van der Waals surface area contributed by atoms with Crippen molar-refractivity contribution in [3.05, 3.63) is 96.1 Å². The minimum atomic E-state index is 0. The van der Waals surface area contributed by atoms with E-state index in [1.807, 2.05) is 56.5 Å². The van der Waals surface area contributed by atoms with Gasteiger partial charge in [0.2, 0.25) is 0 Å². The summed E-state index contributed by atoms with van der Waals surface area (Å²) in [5.41, 5.74) is 4.83. The number of pyridine rings is 1. The Kier molecular flexibility index (Phi) is 8.61. The van der Waals surface area contributed by atoms with Gasteiger partial charge in [-0.05, 0) is 49.6 Å². The Labute approximate surface area is 140 Å². The third-order valence-electron chi connectivity index (χ3n) is 2.82. The number of hydrogen-bond donors (Lipinski definition) is 0. The molecule has 0 aliphatic rings. The highest BCUT2D eigenvalue weighted by molar-refractivity contribution is 5.47. The molecule has 0 fully saturated rings. The molecule has 2 aromatic heterocycles. The SMILES string of the molecule is C=Cc1cccc(C)c1.Cc1cccnc1.Cc1ccnnc1.[HH]. The lowest BCUT2D eigenvalue weighted by molar-refractivity contribution is 1.01. The molecule has 3 nitrogen and oxygen atoms in total. The van der Waals surface area contributed by atoms with Gasteiger partial charge in [0.05, 0.1) is 6.20 Å². The van der Waals surface area contributed by atoms with Crippen LogP contribution >= 0.6 is 0 Å². The van der Waals surface area contributed by atoms with Crippen LogP contribution in [-0.2, 0) is 0 Å². The second-order valence-electron chi connectivity index (χ2n) is 5.07. The van der Waals surface area contributed by atoms with Crippen LogP contribution in [0.4, 0.5) is 0 Å². The quantitative estimate of drug-likeness (QED) is 0.631. The van der Waals surface area contributed by atoms with Crippen molar-refractivity contribution in [2.45, 2.75) is 20.8 Å². The van der Waals surface area contributed by atoms with E-state index in [-0.39, 0.29) is 1.43 Å². The molecule has 1 aromatic carbocycles. The molecule has 0 amide bonds. The summed E-state index contributed by atoms with van der Waals surface area (Å²) in [5, 5.41) is 7.23. The number of aryl methyl sites for hydroxylation is 3. The minimum Gasteiger partial charge on any atom is -0.264 e. The lowest BCUT2D eigenvalue weighted by Crippen LogP contribution is -1.76. The third kappa shape index (κ3) is 8.94. The normalized spacial score (nSPS) is 8.83. The highest BCUT2D eigenvalue weighted by Gasteiger charge is 1.83. The largest absolute Gasteiger partial charge is 0.264 e. The van der Waals surface area contributed by atoms with Gasteiger partial charge >= 0.3 is 0 Å². The molecule has 120 valence electrons. The van der Waals surface area contributed by atoms with Crippen LogP contribution < -0.4 is 0 Å².